The Morgan fingerprint density at radius 3 is 2.43 bits per heavy atom. The molecule has 1 fully saturated rings. The molecule has 1 aliphatic heterocycles. The average Bonchev–Trinajstić information content (AvgIpc) is 3.54. The SMILES string of the molecule is COC(=O)c1ccc(-c2ccc([C@@H]3[C@@H](c4ccccn4)NC(=S)N3c3ccc(NC(C)=O)cc3)o2)cc1. The minimum Gasteiger partial charge on any atom is -0.465 e. The normalized spacial score (nSPS) is 16.8. The topological polar surface area (TPSA) is 96.7 Å². The summed E-state index contributed by atoms with van der Waals surface area (Å²) in [4.78, 5) is 29.8. The maximum atomic E-state index is 11.8. The Morgan fingerprint density at radius 1 is 1.03 bits per heavy atom. The lowest BCUT2D eigenvalue weighted by Crippen LogP contribution is -2.29. The molecule has 37 heavy (non-hydrogen) atoms. The fourth-order valence-electron chi connectivity index (χ4n) is 4.39. The number of hydrogen-bond donors (Lipinski definition) is 2. The number of methoxy groups -OCH3 is 1. The third-order valence-electron chi connectivity index (χ3n) is 6.07. The predicted octanol–water partition coefficient (Wildman–Crippen LogP) is 5.26. The highest BCUT2D eigenvalue weighted by molar-refractivity contribution is 7.80. The largest absolute Gasteiger partial charge is 0.465 e. The highest BCUT2D eigenvalue weighted by Gasteiger charge is 2.42. The highest BCUT2D eigenvalue weighted by atomic mass is 32.1. The number of hydrogen-bond acceptors (Lipinski definition) is 6. The molecular formula is C28H24N4O4S. The first-order chi connectivity index (χ1) is 17.9. The van der Waals surface area contributed by atoms with Gasteiger partial charge >= 0.3 is 5.97 Å². The predicted molar refractivity (Wildman–Crippen MR) is 144 cm³/mol. The van der Waals surface area contributed by atoms with E-state index in [0.717, 1.165) is 16.9 Å². The number of pyridine rings is 1. The van der Waals surface area contributed by atoms with E-state index in [9.17, 15) is 9.59 Å². The van der Waals surface area contributed by atoms with Gasteiger partial charge in [-0.15, -0.1) is 0 Å². The second-order valence-corrected chi connectivity index (χ2v) is 8.88. The second-order valence-electron chi connectivity index (χ2n) is 8.50. The van der Waals surface area contributed by atoms with Gasteiger partial charge in [0.15, 0.2) is 5.11 Å². The molecule has 4 aromatic rings. The number of amides is 1. The molecule has 1 saturated heterocycles. The minimum absolute atomic E-state index is 0.137. The van der Waals surface area contributed by atoms with Gasteiger partial charge in [0.1, 0.15) is 17.6 Å². The van der Waals surface area contributed by atoms with Gasteiger partial charge in [0, 0.05) is 30.1 Å². The summed E-state index contributed by atoms with van der Waals surface area (Å²) in [5, 5.41) is 6.72. The van der Waals surface area contributed by atoms with Gasteiger partial charge in [-0.25, -0.2) is 4.79 Å². The van der Waals surface area contributed by atoms with Gasteiger partial charge in [0.25, 0.3) is 0 Å². The van der Waals surface area contributed by atoms with Crippen molar-refractivity contribution in [2.24, 2.45) is 0 Å². The first kappa shape index (κ1) is 24.2. The molecule has 2 aromatic carbocycles. The van der Waals surface area contributed by atoms with Crippen LogP contribution in [0.25, 0.3) is 11.3 Å². The molecule has 1 amide bonds. The van der Waals surface area contributed by atoms with Gasteiger partial charge in [0.05, 0.1) is 24.4 Å². The van der Waals surface area contributed by atoms with E-state index in [-0.39, 0.29) is 18.0 Å². The first-order valence-electron chi connectivity index (χ1n) is 11.6. The summed E-state index contributed by atoms with van der Waals surface area (Å²) in [5.41, 5.74) is 3.66. The van der Waals surface area contributed by atoms with Crippen molar-refractivity contribution in [3.05, 3.63) is 102 Å². The number of benzene rings is 2. The molecule has 186 valence electrons. The molecule has 0 saturated carbocycles. The molecule has 2 N–H and O–H groups in total. The summed E-state index contributed by atoms with van der Waals surface area (Å²) in [7, 11) is 1.35. The van der Waals surface area contributed by atoms with Crippen molar-refractivity contribution in [3.63, 3.8) is 0 Å². The Balaban J connectivity index is 1.51. The molecule has 0 unspecified atom stereocenters. The fourth-order valence-corrected chi connectivity index (χ4v) is 4.73. The Labute approximate surface area is 219 Å². The van der Waals surface area contributed by atoms with Crippen LogP contribution < -0.4 is 15.5 Å². The molecule has 3 heterocycles. The molecule has 0 aliphatic carbocycles. The zero-order chi connectivity index (χ0) is 25.9. The Kier molecular flexibility index (Phi) is 6.70. The number of aromatic nitrogens is 1. The summed E-state index contributed by atoms with van der Waals surface area (Å²) in [6, 6.07) is 23.5. The smallest absolute Gasteiger partial charge is 0.337 e. The summed E-state index contributed by atoms with van der Waals surface area (Å²) in [6.45, 7) is 1.47. The van der Waals surface area contributed by atoms with E-state index in [4.69, 9.17) is 21.4 Å². The third kappa shape index (κ3) is 4.94. The van der Waals surface area contributed by atoms with E-state index >= 15 is 0 Å². The number of nitrogens with one attached hydrogen (secondary N) is 2. The number of rotatable bonds is 6. The molecule has 5 rings (SSSR count). The molecule has 2 aromatic heterocycles. The quantitative estimate of drug-likeness (QED) is 0.267. The van der Waals surface area contributed by atoms with Crippen molar-refractivity contribution < 1.29 is 18.7 Å². The van der Waals surface area contributed by atoms with Crippen molar-refractivity contribution in [1.29, 1.82) is 0 Å². The fraction of sp³-hybridized carbons (Fsp3) is 0.143. The molecule has 0 radical (unpaired) electrons. The Bertz CT molecular complexity index is 1440. The molecule has 1 aliphatic rings. The Hall–Kier alpha value is -4.50. The van der Waals surface area contributed by atoms with Crippen LogP contribution in [0.3, 0.4) is 0 Å². The molecule has 8 nitrogen and oxygen atoms in total. The van der Waals surface area contributed by atoms with Crippen LogP contribution in [0, 0.1) is 0 Å². The number of anilines is 2. The van der Waals surface area contributed by atoms with E-state index < -0.39 is 5.97 Å². The summed E-state index contributed by atoms with van der Waals surface area (Å²) in [5.74, 6) is 0.823. The lowest BCUT2D eigenvalue weighted by atomic mass is 10.0. The number of furan rings is 1. The standard InChI is InChI=1S/C28H24N4O4S/c1-17(33)30-20-10-12-21(13-11-20)32-26(25(31-28(32)37)22-5-3-4-16-29-22)24-15-14-23(36-24)18-6-8-19(9-7-18)27(34)35-2/h3-16,25-26H,1-2H3,(H,30,33)(H,31,37)/t25-,26-/m1/s1. The van der Waals surface area contributed by atoms with Gasteiger partial charge in [-0.3, -0.25) is 9.78 Å². The Morgan fingerprint density at radius 2 is 1.78 bits per heavy atom. The number of thiocarbonyl (C=S) groups is 1. The first-order valence-corrected chi connectivity index (χ1v) is 12.0. The third-order valence-corrected chi connectivity index (χ3v) is 6.39. The monoisotopic (exact) mass is 512 g/mol. The van der Waals surface area contributed by atoms with Crippen molar-refractivity contribution in [2.75, 3.05) is 17.3 Å². The molecule has 0 spiro atoms. The maximum absolute atomic E-state index is 11.8. The summed E-state index contributed by atoms with van der Waals surface area (Å²) >= 11 is 5.76. The number of nitrogens with zero attached hydrogens (tertiary/aromatic N) is 2. The van der Waals surface area contributed by atoms with Crippen molar-refractivity contribution >= 4 is 40.6 Å². The van der Waals surface area contributed by atoms with Gasteiger partial charge < -0.3 is 24.7 Å². The minimum atomic E-state index is -0.393. The molecular weight excluding hydrogens is 488 g/mol. The summed E-state index contributed by atoms with van der Waals surface area (Å²) < 4.78 is 11.2. The van der Waals surface area contributed by atoms with Crippen LogP contribution in [-0.2, 0) is 9.53 Å². The van der Waals surface area contributed by atoms with Crippen LogP contribution in [0.15, 0.2) is 89.5 Å². The van der Waals surface area contributed by atoms with Crippen molar-refractivity contribution in [2.45, 2.75) is 19.0 Å². The molecule has 0 bridgehead atoms. The molecule has 2 atom stereocenters. The number of carbonyl (C=O) groups excluding carboxylic acids is 2. The van der Waals surface area contributed by atoms with E-state index in [1.807, 2.05) is 71.6 Å². The van der Waals surface area contributed by atoms with Crippen LogP contribution >= 0.6 is 12.2 Å². The lowest BCUT2D eigenvalue weighted by molar-refractivity contribution is -0.114. The van der Waals surface area contributed by atoms with E-state index in [1.54, 1.807) is 18.3 Å². The van der Waals surface area contributed by atoms with Crippen LogP contribution in [0.2, 0.25) is 0 Å². The van der Waals surface area contributed by atoms with Crippen LogP contribution in [0.4, 0.5) is 11.4 Å². The number of ether oxygens (including phenoxy) is 1. The average molecular weight is 513 g/mol. The lowest BCUT2D eigenvalue weighted by Gasteiger charge is -2.26. The zero-order valence-electron chi connectivity index (χ0n) is 20.2. The van der Waals surface area contributed by atoms with Crippen molar-refractivity contribution in [3.8, 4) is 11.3 Å². The number of esters is 1. The van der Waals surface area contributed by atoms with Gasteiger partial charge in [0.2, 0.25) is 5.91 Å². The maximum Gasteiger partial charge on any atom is 0.337 e. The van der Waals surface area contributed by atoms with Crippen LogP contribution in [0.5, 0.6) is 0 Å². The van der Waals surface area contributed by atoms with Gasteiger partial charge in [-0.2, -0.15) is 0 Å². The van der Waals surface area contributed by atoms with E-state index in [2.05, 4.69) is 15.6 Å². The summed E-state index contributed by atoms with van der Waals surface area (Å²) in [6.07, 6.45) is 1.75. The second kappa shape index (κ2) is 10.2. The van der Waals surface area contributed by atoms with E-state index in [1.165, 1.54) is 14.0 Å². The van der Waals surface area contributed by atoms with Gasteiger partial charge in [-0.05, 0) is 72.9 Å². The van der Waals surface area contributed by atoms with Crippen molar-refractivity contribution in [1.82, 2.24) is 10.3 Å². The van der Waals surface area contributed by atoms with Crippen LogP contribution in [-0.4, -0.2) is 29.1 Å². The van der Waals surface area contributed by atoms with E-state index in [0.29, 0.717) is 27.9 Å². The highest BCUT2D eigenvalue weighted by Crippen LogP contribution is 2.43. The van der Waals surface area contributed by atoms with Crippen LogP contribution in [0.1, 0.15) is 40.8 Å². The molecule has 9 heteroatoms. The number of carbonyl (C=O) groups is 2. The zero-order valence-corrected chi connectivity index (χ0v) is 21.0. The van der Waals surface area contributed by atoms with Gasteiger partial charge in [-0.1, -0.05) is 18.2 Å².